The first-order chi connectivity index (χ1) is 11.0. The van der Waals surface area contributed by atoms with E-state index in [1.807, 2.05) is 12.1 Å². The van der Waals surface area contributed by atoms with Gasteiger partial charge in [-0.1, -0.05) is 25.5 Å². The lowest BCUT2D eigenvalue weighted by atomic mass is 10.1. The van der Waals surface area contributed by atoms with E-state index in [-0.39, 0.29) is 5.57 Å². The van der Waals surface area contributed by atoms with Gasteiger partial charge in [0.15, 0.2) is 0 Å². The Labute approximate surface area is 135 Å². The number of aliphatic carboxylic acids is 1. The van der Waals surface area contributed by atoms with Crippen LogP contribution in [0.4, 0.5) is 5.69 Å². The highest BCUT2D eigenvalue weighted by atomic mass is 16.4. The summed E-state index contributed by atoms with van der Waals surface area (Å²) in [5.74, 6) is -1.65. The van der Waals surface area contributed by atoms with Crippen molar-refractivity contribution < 1.29 is 14.7 Å². The third kappa shape index (κ3) is 6.22. The standard InChI is InChI=1S/C17H21N3O3/c1-3-4-5-13-6-8-15(9-7-13)20-16(21)14(10-18)11-19-12(2)17(22)23/h6-9,11-12,19H,3-5H2,1-2H3,(H,20,21)(H,22,23)/b14-11-. The summed E-state index contributed by atoms with van der Waals surface area (Å²) in [6.07, 6.45) is 4.34. The van der Waals surface area contributed by atoms with E-state index in [0.29, 0.717) is 5.69 Å². The number of rotatable bonds is 8. The summed E-state index contributed by atoms with van der Waals surface area (Å²) in [5.41, 5.74) is 1.59. The van der Waals surface area contributed by atoms with E-state index in [1.54, 1.807) is 18.2 Å². The quantitative estimate of drug-likeness (QED) is 0.505. The third-order valence-electron chi connectivity index (χ3n) is 3.24. The second-order valence-corrected chi connectivity index (χ2v) is 5.15. The van der Waals surface area contributed by atoms with E-state index in [4.69, 9.17) is 10.4 Å². The predicted octanol–water partition coefficient (Wildman–Crippen LogP) is 2.44. The largest absolute Gasteiger partial charge is 0.480 e. The van der Waals surface area contributed by atoms with E-state index in [2.05, 4.69) is 17.6 Å². The molecule has 1 aromatic carbocycles. The Hall–Kier alpha value is -2.81. The van der Waals surface area contributed by atoms with Gasteiger partial charge in [-0.25, -0.2) is 0 Å². The molecule has 122 valence electrons. The van der Waals surface area contributed by atoms with Crippen LogP contribution in [-0.2, 0) is 16.0 Å². The number of carbonyl (C=O) groups is 2. The lowest BCUT2D eigenvalue weighted by Gasteiger charge is -2.08. The first-order valence-electron chi connectivity index (χ1n) is 7.47. The Morgan fingerprint density at radius 1 is 1.35 bits per heavy atom. The molecule has 3 N–H and O–H groups in total. The Kier molecular flexibility index (Phi) is 7.34. The van der Waals surface area contributed by atoms with Crippen molar-refractivity contribution >= 4 is 17.6 Å². The van der Waals surface area contributed by atoms with Crippen LogP contribution in [0.15, 0.2) is 36.0 Å². The minimum Gasteiger partial charge on any atom is -0.480 e. The number of aryl methyl sites for hydroxylation is 1. The van der Waals surface area contributed by atoms with Gasteiger partial charge >= 0.3 is 5.97 Å². The van der Waals surface area contributed by atoms with Crippen LogP contribution in [0.25, 0.3) is 0 Å². The Balaban J connectivity index is 2.67. The molecule has 6 nitrogen and oxygen atoms in total. The molecule has 0 aromatic heterocycles. The van der Waals surface area contributed by atoms with Gasteiger partial charge in [0.1, 0.15) is 17.7 Å². The van der Waals surface area contributed by atoms with E-state index in [9.17, 15) is 9.59 Å². The summed E-state index contributed by atoms with van der Waals surface area (Å²) >= 11 is 0. The molecule has 0 saturated carbocycles. The number of carboxylic acids is 1. The molecule has 0 aliphatic rings. The number of amides is 1. The van der Waals surface area contributed by atoms with E-state index < -0.39 is 17.9 Å². The summed E-state index contributed by atoms with van der Waals surface area (Å²) in [7, 11) is 0. The molecule has 1 amide bonds. The molecule has 0 saturated heterocycles. The highest BCUT2D eigenvalue weighted by Gasteiger charge is 2.12. The SMILES string of the molecule is CCCCc1ccc(NC(=O)/C(C#N)=C\NC(C)C(=O)O)cc1. The Bertz CT molecular complexity index is 615. The zero-order valence-electron chi connectivity index (χ0n) is 13.3. The van der Waals surface area contributed by atoms with Crippen LogP contribution >= 0.6 is 0 Å². The number of carbonyl (C=O) groups excluding carboxylic acids is 1. The number of hydrogen-bond acceptors (Lipinski definition) is 4. The molecule has 0 radical (unpaired) electrons. The Morgan fingerprint density at radius 2 is 2.00 bits per heavy atom. The average molecular weight is 315 g/mol. The van der Waals surface area contributed by atoms with Crippen LogP contribution in [0.5, 0.6) is 0 Å². The number of hydrogen-bond donors (Lipinski definition) is 3. The molecule has 0 fully saturated rings. The van der Waals surface area contributed by atoms with Gasteiger partial charge in [-0.3, -0.25) is 9.59 Å². The number of carboxylic acid groups (broad SMARTS) is 1. The molecule has 1 atom stereocenters. The van der Waals surface area contributed by atoms with Crippen molar-refractivity contribution in [2.24, 2.45) is 0 Å². The highest BCUT2D eigenvalue weighted by Crippen LogP contribution is 2.12. The van der Waals surface area contributed by atoms with Gasteiger partial charge in [-0.15, -0.1) is 0 Å². The van der Waals surface area contributed by atoms with Gasteiger partial charge in [0.05, 0.1) is 0 Å². The lowest BCUT2D eigenvalue weighted by Crippen LogP contribution is -2.30. The van der Waals surface area contributed by atoms with Gasteiger partial charge in [-0.05, 0) is 37.5 Å². The maximum absolute atomic E-state index is 12.0. The second kappa shape index (κ2) is 9.26. The van der Waals surface area contributed by atoms with Gasteiger partial charge in [-0.2, -0.15) is 5.26 Å². The van der Waals surface area contributed by atoms with E-state index in [0.717, 1.165) is 25.5 Å². The molecule has 0 bridgehead atoms. The summed E-state index contributed by atoms with van der Waals surface area (Å²) in [6, 6.07) is 8.30. The summed E-state index contributed by atoms with van der Waals surface area (Å²) in [5, 5.41) is 22.9. The predicted molar refractivity (Wildman–Crippen MR) is 87.6 cm³/mol. The summed E-state index contributed by atoms with van der Waals surface area (Å²) in [4.78, 5) is 22.7. The summed E-state index contributed by atoms with van der Waals surface area (Å²) in [6.45, 7) is 3.55. The second-order valence-electron chi connectivity index (χ2n) is 5.15. The van der Waals surface area contributed by atoms with Crippen LogP contribution in [0, 0.1) is 11.3 Å². The van der Waals surface area contributed by atoms with Crippen LogP contribution < -0.4 is 10.6 Å². The summed E-state index contributed by atoms with van der Waals surface area (Å²) < 4.78 is 0. The monoisotopic (exact) mass is 315 g/mol. The first-order valence-corrected chi connectivity index (χ1v) is 7.47. The van der Waals surface area contributed by atoms with Crippen LogP contribution in [0.3, 0.4) is 0 Å². The maximum Gasteiger partial charge on any atom is 0.325 e. The van der Waals surface area contributed by atoms with Crippen molar-refractivity contribution in [2.45, 2.75) is 39.2 Å². The van der Waals surface area contributed by atoms with Crippen LogP contribution in [0.2, 0.25) is 0 Å². The molecule has 1 aromatic rings. The minimum atomic E-state index is -1.07. The molecular weight excluding hydrogens is 294 g/mol. The molecule has 6 heteroatoms. The zero-order chi connectivity index (χ0) is 17.2. The van der Waals surface area contributed by atoms with Gasteiger partial charge in [0.2, 0.25) is 0 Å². The minimum absolute atomic E-state index is 0.187. The number of benzene rings is 1. The molecule has 0 aliphatic heterocycles. The third-order valence-corrected chi connectivity index (χ3v) is 3.24. The Morgan fingerprint density at radius 3 is 2.52 bits per heavy atom. The molecule has 0 spiro atoms. The number of unbranched alkanes of at least 4 members (excludes halogenated alkanes) is 1. The highest BCUT2D eigenvalue weighted by molar-refractivity contribution is 6.06. The topological polar surface area (TPSA) is 102 Å². The van der Waals surface area contributed by atoms with Crippen LogP contribution in [0.1, 0.15) is 32.3 Å². The number of anilines is 1. The first kappa shape index (κ1) is 18.2. The van der Waals surface area contributed by atoms with E-state index in [1.165, 1.54) is 12.5 Å². The van der Waals surface area contributed by atoms with Crippen molar-refractivity contribution in [3.63, 3.8) is 0 Å². The number of nitrogens with one attached hydrogen (secondary N) is 2. The van der Waals surface area contributed by atoms with Crippen molar-refractivity contribution in [3.8, 4) is 6.07 Å². The number of nitriles is 1. The molecule has 1 rings (SSSR count). The van der Waals surface area contributed by atoms with Crippen molar-refractivity contribution in [2.75, 3.05) is 5.32 Å². The van der Waals surface area contributed by atoms with Gasteiger partial charge < -0.3 is 15.7 Å². The van der Waals surface area contributed by atoms with Crippen LogP contribution in [-0.4, -0.2) is 23.0 Å². The molecule has 0 heterocycles. The molecule has 0 aliphatic carbocycles. The van der Waals surface area contributed by atoms with E-state index >= 15 is 0 Å². The fourth-order valence-corrected chi connectivity index (χ4v) is 1.76. The normalized spacial score (nSPS) is 12.1. The van der Waals surface area contributed by atoms with Crippen molar-refractivity contribution in [3.05, 3.63) is 41.6 Å². The smallest absolute Gasteiger partial charge is 0.325 e. The molecular formula is C17H21N3O3. The fraction of sp³-hybridized carbons (Fsp3) is 0.353. The van der Waals surface area contributed by atoms with Gasteiger partial charge in [0.25, 0.3) is 5.91 Å². The fourth-order valence-electron chi connectivity index (χ4n) is 1.76. The lowest BCUT2D eigenvalue weighted by molar-refractivity contribution is -0.138. The van der Waals surface area contributed by atoms with Crippen molar-refractivity contribution in [1.82, 2.24) is 5.32 Å². The zero-order valence-corrected chi connectivity index (χ0v) is 13.3. The number of nitrogens with zero attached hydrogens (tertiary/aromatic N) is 1. The van der Waals surface area contributed by atoms with Crippen molar-refractivity contribution in [1.29, 1.82) is 5.26 Å². The average Bonchev–Trinajstić information content (AvgIpc) is 2.54. The maximum atomic E-state index is 12.0. The molecule has 23 heavy (non-hydrogen) atoms. The molecule has 1 unspecified atom stereocenters. The van der Waals surface area contributed by atoms with Gasteiger partial charge in [0, 0.05) is 11.9 Å².